The van der Waals surface area contributed by atoms with Gasteiger partial charge in [0, 0.05) is 11.6 Å². The highest BCUT2D eigenvalue weighted by molar-refractivity contribution is 7.99. The summed E-state index contributed by atoms with van der Waals surface area (Å²) in [7, 11) is 0. The molecule has 2 aromatic carbocycles. The van der Waals surface area contributed by atoms with Gasteiger partial charge in [0.15, 0.2) is 10.9 Å². The van der Waals surface area contributed by atoms with E-state index in [1.54, 1.807) is 0 Å². The molecule has 3 aromatic rings. The van der Waals surface area contributed by atoms with Gasteiger partial charge in [-0.2, -0.15) is 0 Å². The van der Waals surface area contributed by atoms with Crippen molar-refractivity contribution in [3.05, 3.63) is 53.1 Å². The number of nitrogens with one attached hydrogen (secondary N) is 1. The zero-order valence-electron chi connectivity index (χ0n) is 14.1. The molecule has 0 unspecified atom stereocenters. The number of H-pyrrole nitrogens is 1. The topological polar surface area (TPSA) is 55.0 Å². The van der Waals surface area contributed by atoms with Crippen LogP contribution in [0.5, 0.6) is 5.75 Å². The first kappa shape index (κ1) is 16.6. The third-order valence-electron chi connectivity index (χ3n) is 3.78. The number of imidazole rings is 1. The van der Waals surface area contributed by atoms with Gasteiger partial charge in [-0.25, -0.2) is 4.98 Å². The number of hydrogen-bond acceptors (Lipinski definition) is 4. The maximum Gasteiger partial charge on any atom is 0.173 e. The zero-order chi connectivity index (χ0) is 17.1. The molecule has 5 heteroatoms. The number of ether oxygens (including phenoxy) is 1. The first-order chi connectivity index (χ1) is 11.6. The van der Waals surface area contributed by atoms with Crippen molar-refractivity contribution >= 4 is 28.6 Å². The van der Waals surface area contributed by atoms with E-state index >= 15 is 0 Å². The molecule has 24 heavy (non-hydrogen) atoms. The maximum absolute atomic E-state index is 12.5. The molecule has 1 aromatic heterocycles. The summed E-state index contributed by atoms with van der Waals surface area (Å²) in [5.74, 6) is 1.30. The number of rotatable bonds is 6. The average Bonchev–Trinajstić information content (AvgIpc) is 2.97. The summed E-state index contributed by atoms with van der Waals surface area (Å²) in [5, 5.41) is 0.748. The van der Waals surface area contributed by atoms with E-state index in [1.807, 2.05) is 57.2 Å². The minimum Gasteiger partial charge on any atom is -0.494 e. The standard InChI is InChI=1S/C19H20N2O2S/c1-4-23-14-7-8-16-17(10-14)21-19(20-16)24-11-18(22)15-9-12(2)5-6-13(15)3/h5-10H,4,11H2,1-3H3,(H,20,21). The smallest absolute Gasteiger partial charge is 0.173 e. The summed E-state index contributed by atoms with van der Waals surface area (Å²) in [5.41, 5.74) is 4.69. The van der Waals surface area contributed by atoms with Crippen LogP contribution in [-0.4, -0.2) is 28.1 Å². The van der Waals surface area contributed by atoms with Gasteiger partial charge in [0.25, 0.3) is 0 Å². The first-order valence-corrected chi connectivity index (χ1v) is 8.91. The molecular weight excluding hydrogens is 320 g/mol. The quantitative estimate of drug-likeness (QED) is 0.528. The van der Waals surface area contributed by atoms with Crippen LogP contribution < -0.4 is 4.74 Å². The van der Waals surface area contributed by atoms with Gasteiger partial charge in [-0.1, -0.05) is 29.5 Å². The third kappa shape index (κ3) is 3.62. The van der Waals surface area contributed by atoms with Crippen LogP contribution in [0.1, 0.15) is 28.4 Å². The Labute approximate surface area is 145 Å². The predicted octanol–water partition coefficient (Wildman–Crippen LogP) is 4.55. The maximum atomic E-state index is 12.5. The van der Waals surface area contributed by atoms with Gasteiger partial charge in [0.05, 0.1) is 23.4 Å². The largest absolute Gasteiger partial charge is 0.494 e. The molecular formula is C19H20N2O2S. The number of thioether (sulfide) groups is 1. The van der Waals surface area contributed by atoms with Gasteiger partial charge >= 0.3 is 0 Å². The van der Waals surface area contributed by atoms with E-state index in [0.717, 1.165) is 38.6 Å². The molecule has 0 saturated carbocycles. The van der Waals surface area contributed by atoms with Gasteiger partial charge in [-0.05, 0) is 44.5 Å². The fourth-order valence-corrected chi connectivity index (χ4v) is 3.31. The van der Waals surface area contributed by atoms with Crippen molar-refractivity contribution in [1.82, 2.24) is 9.97 Å². The van der Waals surface area contributed by atoms with Gasteiger partial charge < -0.3 is 9.72 Å². The minimum atomic E-state index is 0.122. The molecule has 1 heterocycles. The molecule has 0 amide bonds. The number of aryl methyl sites for hydroxylation is 2. The number of aromatic amines is 1. The second-order valence-corrected chi connectivity index (χ2v) is 6.65. The predicted molar refractivity (Wildman–Crippen MR) is 98.2 cm³/mol. The molecule has 4 nitrogen and oxygen atoms in total. The van der Waals surface area contributed by atoms with Gasteiger partial charge in [-0.3, -0.25) is 4.79 Å². The number of Topliss-reactive ketones (excluding diaryl/α,β-unsaturated/α-hetero) is 1. The number of hydrogen-bond donors (Lipinski definition) is 1. The van der Waals surface area contributed by atoms with Gasteiger partial charge in [0.2, 0.25) is 0 Å². The number of carbonyl (C=O) groups is 1. The van der Waals surface area contributed by atoms with Crippen molar-refractivity contribution in [3.63, 3.8) is 0 Å². The Morgan fingerprint density at radius 3 is 2.83 bits per heavy atom. The lowest BCUT2D eigenvalue weighted by Crippen LogP contribution is -2.05. The van der Waals surface area contributed by atoms with Crippen LogP contribution in [-0.2, 0) is 0 Å². The van der Waals surface area contributed by atoms with E-state index < -0.39 is 0 Å². The molecule has 1 N–H and O–H groups in total. The third-order valence-corrected chi connectivity index (χ3v) is 4.65. The van der Waals surface area contributed by atoms with Crippen molar-refractivity contribution in [1.29, 1.82) is 0 Å². The molecule has 0 bridgehead atoms. The Morgan fingerprint density at radius 2 is 2.04 bits per heavy atom. The summed E-state index contributed by atoms with van der Waals surface area (Å²) >= 11 is 1.43. The summed E-state index contributed by atoms with van der Waals surface area (Å²) < 4.78 is 5.49. The van der Waals surface area contributed by atoms with Crippen molar-refractivity contribution < 1.29 is 9.53 Å². The molecule has 0 radical (unpaired) electrons. The van der Waals surface area contributed by atoms with E-state index in [1.165, 1.54) is 11.8 Å². The molecule has 0 saturated heterocycles. The highest BCUT2D eigenvalue weighted by atomic mass is 32.2. The molecule has 0 aliphatic rings. The van der Waals surface area contributed by atoms with Crippen LogP contribution in [0.2, 0.25) is 0 Å². The molecule has 0 aliphatic carbocycles. The Balaban J connectivity index is 1.73. The summed E-state index contributed by atoms with van der Waals surface area (Å²) in [6, 6.07) is 11.7. The summed E-state index contributed by atoms with van der Waals surface area (Å²) in [6.45, 7) is 6.55. The van der Waals surface area contributed by atoms with E-state index in [4.69, 9.17) is 4.74 Å². The van der Waals surface area contributed by atoms with Crippen molar-refractivity contribution in [2.24, 2.45) is 0 Å². The van der Waals surface area contributed by atoms with Crippen molar-refractivity contribution in [2.75, 3.05) is 12.4 Å². The lowest BCUT2D eigenvalue weighted by atomic mass is 10.0. The molecule has 0 spiro atoms. The van der Waals surface area contributed by atoms with Crippen LogP contribution >= 0.6 is 11.8 Å². The number of nitrogens with zero attached hydrogens (tertiary/aromatic N) is 1. The van der Waals surface area contributed by atoms with Crippen LogP contribution in [0.25, 0.3) is 11.0 Å². The number of fused-ring (bicyclic) bond motifs is 1. The second kappa shape index (κ2) is 7.09. The number of benzene rings is 2. The van der Waals surface area contributed by atoms with Crippen molar-refractivity contribution in [3.8, 4) is 5.75 Å². The van der Waals surface area contributed by atoms with E-state index in [9.17, 15) is 4.79 Å². The van der Waals surface area contributed by atoms with Gasteiger partial charge in [-0.15, -0.1) is 0 Å². The SMILES string of the molecule is CCOc1ccc2nc(SCC(=O)c3cc(C)ccc3C)[nH]c2c1. The lowest BCUT2D eigenvalue weighted by Gasteiger charge is -2.05. The van der Waals surface area contributed by atoms with Crippen LogP contribution in [0.4, 0.5) is 0 Å². The van der Waals surface area contributed by atoms with Crippen LogP contribution in [0.3, 0.4) is 0 Å². The van der Waals surface area contributed by atoms with E-state index in [2.05, 4.69) is 9.97 Å². The minimum absolute atomic E-state index is 0.122. The van der Waals surface area contributed by atoms with Crippen molar-refractivity contribution in [2.45, 2.75) is 25.9 Å². The molecule has 0 fully saturated rings. The molecule has 0 atom stereocenters. The number of carbonyl (C=O) groups excluding carboxylic acids is 1. The normalized spacial score (nSPS) is 11.0. The number of aromatic nitrogens is 2. The monoisotopic (exact) mass is 340 g/mol. The zero-order valence-corrected chi connectivity index (χ0v) is 14.9. The van der Waals surface area contributed by atoms with Gasteiger partial charge in [0.1, 0.15) is 5.75 Å². The van der Waals surface area contributed by atoms with Crippen LogP contribution in [0.15, 0.2) is 41.6 Å². The highest BCUT2D eigenvalue weighted by Crippen LogP contribution is 2.24. The Morgan fingerprint density at radius 1 is 1.21 bits per heavy atom. The summed E-state index contributed by atoms with van der Waals surface area (Å²) in [4.78, 5) is 20.2. The fraction of sp³-hybridized carbons (Fsp3) is 0.263. The van der Waals surface area contributed by atoms with Crippen LogP contribution in [0, 0.1) is 13.8 Å². The Kier molecular flexibility index (Phi) is 4.90. The Hall–Kier alpha value is -2.27. The van der Waals surface area contributed by atoms with E-state index in [0.29, 0.717) is 12.4 Å². The molecule has 124 valence electrons. The molecule has 0 aliphatic heterocycles. The highest BCUT2D eigenvalue weighted by Gasteiger charge is 2.12. The fourth-order valence-electron chi connectivity index (χ4n) is 2.54. The first-order valence-electron chi connectivity index (χ1n) is 7.92. The Bertz CT molecular complexity index is 886. The van der Waals surface area contributed by atoms with E-state index in [-0.39, 0.29) is 5.78 Å². The average molecular weight is 340 g/mol. The summed E-state index contributed by atoms with van der Waals surface area (Å²) in [6.07, 6.45) is 0. The second-order valence-electron chi connectivity index (χ2n) is 5.68. The molecule has 3 rings (SSSR count). The lowest BCUT2D eigenvalue weighted by molar-refractivity contribution is 0.102. The number of ketones is 1.